The van der Waals surface area contributed by atoms with Crippen LogP contribution < -0.4 is 5.32 Å². The lowest BCUT2D eigenvalue weighted by atomic mass is 10.3. The first-order chi connectivity index (χ1) is 11.2. The van der Waals surface area contributed by atoms with Crippen LogP contribution in [0.5, 0.6) is 0 Å². The predicted molar refractivity (Wildman–Crippen MR) is 91.7 cm³/mol. The highest BCUT2D eigenvalue weighted by atomic mass is 32.2. The van der Waals surface area contributed by atoms with Crippen LogP contribution >= 0.6 is 11.8 Å². The molecular formula is C16H15N5OS. The zero-order chi connectivity index (χ0) is 15.8. The molecule has 23 heavy (non-hydrogen) atoms. The minimum atomic E-state index is -0.0747. The van der Waals surface area contributed by atoms with Gasteiger partial charge in [0.2, 0.25) is 11.9 Å². The molecule has 2 N–H and O–H groups in total. The van der Waals surface area contributed by atoms with Crippen molar-refractivity contribution in [2.24, 2.45) is 0 Å². The van der Waals surface area contributed by atoms with Crippen LogP contribution in [0.1, 0.15) is 12.1 Å². The van der Waals surface area contributed by atoms with Crippen molar-refractivity contribution in [1.82, 2.24) is 19.7 Å². The molecule has 1 aromatic carbocycles. The van der Waals surface area contributed by atoms with Gasteiger partial charge in [0.25, 0.3) is 0 Å². The minimum absolute atomic E-state index is 0.0164. The van der Waals surface area contributed by atoms with E-state index in [-0.39, 0.29) is 11.2 Å². The highest BCUT2D eigenvalue weighted by Gasteiger charge is 2.22. The summed E-state index contributed by atoms with van der Waals surface area (Å²) in [6.07, 6.45) is 2.77. The summed E-state index contributed by atoms with van der Waals surface area (Å²) >= 11 is 1.54. The van der Waals surface area contributed by atoms with Crippen molar-refractivity contribution in [3.05, 3.63) is 47.5 Å². The number of aromatic nitrogens is 4. The molecule has 0 aliphatic carbocycles. The lowest BCUT2D eigenvalue weighted by Crippen LogP contribution is -2.24. The Morgan fingerprint density at radius 3 is 3.09 bits per heavy atom. The molecule has 0 spiro atoms. The lowest BCUT2D eigenvalue weighted by molar-refractivity contribution is -0.115. The van der Waals surface area contributed by atoms with E-state index < -0.39 is 0 Å². The second kappa shape index (κ2) is 5.58. The number of allylic oxidation sites excluding steroid dienone is 1. The molecule has 2 aromatic heterocycles. The van der Waals surface area contributed by atoms with Crippen molar-refractivity contribution in [3.63, 3.8) is 0 Å². The van der Waals surface area contributed by atoms with Crippen LogP contribution in [-0.2, 0) is 4.79 Å². The second-order valence-corrected chi connectivity index (χ2v) is 6.50. The fraction of sp³-hybridized carbons (Fsp3) is 0.188. The number of fused-ring (bicyclic) bond motifs is 1. The average Bonchev–Trinajstić information content (AvgIpc) is 3.25. The average molecular weight is 325 g/mol. The monoisotopic (exact) mass is 325 g/mol. The number of nitrogens with one attached hydrogen (secondary N) is 2. The lowest BCUT2D eigenvalue weighted by Gasteiger charge is -2.10. The van der Waals surface area contributed by atoms with Crippen LogP contribution in [0.2, 0.25) is 0 Å². The zero-order valence-corrected chi connectivity index (χ0v) is 13.3. The minimum Gasteiger partial charge on any atom is -0.322 e. The molecule has 0 saturated carbocycles. The van der Waals surface area contributed by atoms with Gasteiger partial charge in [-0.3, -0.25) is 4.79 Å². The number of imidazole rings is 1. The summed E-state index contributed by atoms with van der Waals surface area (Å²) < 4.78 is 1.64. The Morgan fingerprint density at radius 1 is 1.43 bits per heavy atom. The summed E-state index contributed by atoms with van der Waals surface area (Å²) in [6.45, 7) is 1.89. The third-order valence-corrected chi connectivity index (χ3v) is 4.73. The Balaban J connectivity index is 1.67. The van der Waals surface area contributed by atoms with Crippen molar-refractivity contribution in [2.75, 3.05) is 5.32 Å². The number of carbonyl (C=O) groups is 1. The molecule has 0 bridgehead atoms. The molecule has 116 valence electrons. The van der Waals surface area contributed by atoms with Crippen LogP contribution in [-0.4, -0.2) is 30.9 Å². The maximum Gasteiger partial charge on any atom is 0.239 e. The number of carbonyl (C=O) groups excluding carboxylic acids is 1. The third-order valence-electron chi connectivity index (χ3n) is 3.64. The number of hydrogen-bond acceptors (Lipinski definition) is 4. The van der Waals surface area contributed by atoms with E-state index in [1.54, 1.807) is 4.68 Å². The standard InChI is InChI=1S/C16H15N5OS/c1-10-9-14(19-15(22)13-7-4-8-23-13)21(20-10)16-17-11-5-2-3-6-12(11)18-16/h2-6,8-9,13H,7H2,1H3,(H,17,18)(H,19,22). The van der Waals surface area contributed by atoms with E-state index in [0.717, 1.165) is 23.1 Å². The van der Waals surface area contributed by atoms with Gasteiger partial charge in [0, 0.05) is 6.07 Å². The number of aryl methyl sites for hydroxylation is 1. The number of benzene rings is 1. The summed E-state index contributed by atoms with van der Waals surface area (Å²) in [7, 11) is 0. The number of H-pyrrole nitrogens is 1. The van der Waals surface area contributed by atoms with Gasteiger partial charge in [-0.15, -0.1) is 11.8 Å². The summed E-state index contributed by atoms with van der Waals surface area (Å²) in [4.78, 5) is 20.1. The number of nitrogens with zero attached hydrogens (tertiary/aromatic N) is 3. The van der Waals surface area contributed by atoms with E-state index in [4.69, 9.17) is 0 Å². The van der Waals surface area contributed by atoms with Crippen molar-refractivity contribution in [1.29, 1.82) is 0 Å². The number of para-hydroxylation sites is 2. The molecule has 1 atom stereocenters. The van der Waals surface area contributed by atoms with E-state index in [1.807, 2.05) is 48.7 Å². The molecule has 1 aliphatic heterocycles. The van der Waals surface area contributed by atoms with Gasteiger partial charge in [0.15, 0.2) is 0 Å². The highest BCUT2D eigenvalue weighted by molar-refractivity contribution is 8.03. The van der Waals surface area contributed by atoms with Gasteiger partial charge in [0.1, 0.15) is 5.82 Å². The normalized spacial score (nSPS) is 17.0. The summed E-state index contributed by atoms with van der Waals surface area (Å²) in [5, 5.41) is 9.29. The van der Waals surface area contributed by atoms with E-state index in [0.29, 0.717) is 11.8 Å². The number of amides is 1. The van der Waals surface area contributed by atoms with Crippen molar-refractivity contribution in [2.45, 2.75) is 18.6 Å². The molecule has 4 rings (SSSR count). The fourth-order valence-corrected chi connectivity index (χ4v) is 3.37. The first-order valence-corrected chi connectivity index (χ1v) is 8.28. The Kier molecular flexibility index (Phi) is 3.42. The molecule has 0 radical (unpaired) electrons. The van der Waals surface area contributed by atoms with E-state index in [9.17, 15) is 4.79 Å². The number of anilines is 1. The molecular weight excluding hydrogens is 310 g/mol. The largest absolute Gasteiger partial charge is 0.322 e. The molecule has 1 unspecified atom stereocenters. The van der Waals surface area contributed by atoms with E-state index in [1.165, 1.54) is 11.8 Å². The molecule has 1 amide bonds. The Morgan fingerprint density at radius 2 is 2.30 bits per heavy atom. The Bertz CT molecular complexity index is 869. The number of thioether (sulfide) groups is 1. The molecule has 6 nitrogen and oxygen atoms in total. The maximum absolute atomic E-state index is 12.3. The van der Waals surface area contributed by atoms with Gasteiger partial charge >= 0.3 is 0 Å². The van der Waals surface area contributed by atoms with Gasteiger partial charge in [-0.25, -0.2) is 4.98 Å². The fourth-order valence-electron chi connectivity index (χ4n) is 2.55. The predicted octanol–water partition coefficient (Wildman–Crippen LogP) is 3.01. The van der Waals surface area contributed by atoms with Gasteiger partial charge < -0.3 is 10.3 Å². The molecule has 3 heterocycles. The first kappa shape index (κ1) is 14.1. The second-order valence-electron chi connectivity index (χ2n) is 5.38. The third kappa shape index (κ3) is 2.63. The van der Waals surface area contributed by atoms with Gasteiger partial charge in [-0.1, -0.05) is 18.2 Å². The topological polar surface area (TPSA) is 75.6 Å². The Hall–Kier alpha value is -2.54. The van der Waals surface area contributed by atoms with Crippen LogP contribution in [0, 0.1) is 6.92 Å². The van der Waals surface area contributed by atoms with Gasteiger partial charge in [0.05, 0.1) is 22.0 Å². The number of hydrogen-bond donors (Lipinski definition) is 2. The smallest absolute Gasteiger partial charge is 0.239 e. The zero-order valence-electron chi connectivity index (χ0n) is 12.5. The van der Waals surface area contributed by atoms with Crippen molar-refractivity contribution < 1.29 is 4.79 Å². The molecule has 3 aromatic rings. The van der Waals surface area contributed by atoms with Crippen LogP contribution in [0.15, 0.2) is 41.8 Å². The number of rotatable bonds is 3. The van der Waals surface area contributed by atoms with E-state index >= 15 is 0 Å². The van der Waals surface area contributed by atoms with Crippen molar-refractivity contribution in [3.8, 4) is 5.95 Å². The Labute approximate surface area is 137 Å². The molecule has 7 heteroatoms. The highest BCUT2D eigenvalue weighted by Crippen LogP contribution is 2.26. The van der Waals surface area contributed by atoms with Gasteiger partial charge in [-0.05, 0) is 30.9 Å². The summed E-state index contributed by atoms with van der Waals surface area (Å²) in [6, 6.07) is 9.63. The SMILES string of the molecule is Cc1cc(NC(=O)C2CC=CS2)n(-c2nc3ccccc3[nH]2)n1. The quantitative estimate of drug-likeness (QED) is 0.776. The van der Waals surface area contributed by atoms with Gasteiger partial charge in [-0.2, -0.15) is 9.78 Å². The van der Waals surface area contributed by atoms with E-state index in [2.05, 4.69) is 20.4 Å². The molecule has 1 aliphatic rings. The molecule has 0 saturated heterocycles. The van der Waals surface area contributed by atoms with Crippen LogP contribution in [0.4, 0.5) is 5.82 Å². The summed E-state index contributed by atoms with van der Waals surface area (Å²) in [5.41, 5.74) is 2.62. The van der Waals surface area contributed by atoms with Crippen molar-refractivity contribution >= 4 is 34.5 Å². The summed E-state index contributed by atoms with van der Waals surface area (Å²) in [5.74, 6) is 1.20. The maximum atomic E-state index is 12.3. The molecule has 0 fully saturated rings. The van der Waals surface area contributed by atoms with Crippen LogP contribution in [0.3, 0.4) is 0 Å². The van der Waals surface area contributed by atoms with Crippen LogP contribution in [0.25, 0.3) is 17.0 Å². The first-order valence-electron chi connectivity index (χ1n) is 7.34. The number of aromatic amines is 1.